The van der Waals surface area contributed by atoms with Gasteiger partial charge < -0.3 is 10.2 Å². The van der Waals surface area contributed by atoms with Gasteiger partial charge in [-0.2, -0.15) is 0 Å². The predicted octanol–water partition coefficient (Wildman–Crippen LogP) is 2.07. The molecule has 0 radical (unpaired) electrons. The molecule has 0 amide bonds. The Morgan fingerprint density at radius 2 is 1.00 bits per heavy atom. The van der Waals surface area contributed by atoms with Crippen molar-refractivity contribution >= 4 is 11.6 Å². The average molecular weight is 307 g/mol. The van der Waals surface area contributed by atoms with Gasteiger partial charge in [0.05, 0.1) is 11.5 Å². The minimum atomic E-state index is -0.125. The second kappa shape index (κ2) is 11.2. The molecule has 5 heteroatoms. The predicted molar refractivity (Wildman–Crippen MR) is 54.1 cm³/mol. The molecule has 0 aromatic heterocycles. The maximum absolute atomic E-state index is 10.0. The Bertz CT molecular complexity index is 231. The number of carbonyl (C=O) groups excluding carboxylic acids is 2. The standard InChI is InChI=1S/2C5H8O2.Pd/c2*1-4(6)3-5(2)7;/h2*3,6H,1-2H3;/b4-3+;4-3-;. The van der Waals surface area contributed by atoms with Gasteiger partial charge in [0.25, 0.3) is 0 Å². The summed E-state index contributed by atoms with van der Waals surface area (Å²) in [6.07, 6.45) is 2.33. The second-order valence-electron chi connectivity index (χ2n) is 2.79. The zero-order chi connectivity index (χ0) is 11.7. The van der Waals surface area contributed by atoms with Crippen molar-refractivity contribution in [3.63, 3.8) is 0 Å². The van der Waals surface area contributed by atoms with Crippen LogP contribution in [-0.4, -0.2) is 21.8 Å². The molecule has 0 aromatic carbocycles. The summed E-state index contributed by atoms with van der Waals surface area (Å²) in [6.45, 7) is 5.70. The Hall–Kier alpha value is -0.918. The first-order valence-corrected chi connectivity index (χ1v) is 4.01. The fourth-order valence-electron chi connectivity index (χ4n) is 0.588. The van der Waals surface area contributed by atoms with Crippen molar-refractivity contribution in [1.82, 2.24) is 0 Å². The maximum Gasteiger partial charge on any atom is 0.155 e. The van der Waals surface area contributed by atoms with Gasteiger partial charge in [-0.15, -0.1) is 0 Å². The number of hydrogen-bond donors (Lipinski definition) is 2. The average Bonchev–Trinajstić information content (AvgIpc) is 1.79. The van der Waals surface area contributed by atoms with Crippen LogP contribution in [-0.2, 0) is 30.0 Å². The monoisotopic (exact) mass is 306 g/mol. The zero-order valence-electron chi connectivity index (χ0n) is 9.18. The van der Waals surface area contributed by atoms with Crippen LogP contribution in [0.15, 0.2) is 23.7 Å². The second-order valence-corrected chi connectivity index (χ2v) is 2.79. The summed E-state index contributed by atoms with van der Waals surface area (Å²) < 4.78 is 0. The van der Waals surface area contributed by atoms with Crippen molar-refractivity contribution in [2.45, 2.75) is 27.7 Å². The molecular formula is C10H16O4Pd. The SMILES string of the molecule is CC(=O)/C=C(/C)O.CC(=O)/C=C(\C)O.[Pd]. The van der Waals surface area contributed by atoms with Gasteiger partial charge in [0.2, 0.25) is 0 Å². The van der Waals surface area contributed by atoms with Crippen LogP contribution in [0.1, 0.15) is 27.7 Å². The molecule has 0 saturated heterocycles. The molecule has 0 spiro atoms. The van der Waals surface area contributed by atoms with Crippen molar-refractivity contribution in [3.8, 4) is 0 Å². The van der Waals surface area contributed by atoms with Crippen molar-refractivity contribution in [1.29, 1.82) is 0 Å². The van der Waals surface area contributed by atoms with Crippen LogP contribution >= 0.6 is 0 Å². The van der Waals surface area contributed by atoms with Gasteiger partial charge in [0.1, 0.15) is 0 Å². The van der Waals surface area contributed by atoms with Crippen molar-refractivity contribution in [2.24, 2.45) is 0 Å². The zero-order valence-corrected chi connectivity index (χ0v) is 10.7. The molecule has 4 nitrogen and oxygen atoms in total. The van der Waals surface area contributed by atoms with E-state index in [2.05, 4.69) is 0 Å². The fraction of sp³-hybridized carbons (Fsp3) is 0.400. The Labute approximate surface area is 103 Å². The van der Waals surface area contributed by atoms with Crippen molar-refractivity contribution in [2.75, 3.05) is 0 Å². The van der Waals surface area contributed by atoms with Gasteiger partial charge in [-0.3, -0.25) is 9.59 Å². The minimum Gasteiger partial charge on any atom is -0.512 e. The molecular weight excluding hydrogens is 291 g/mol. The van der Waals surface area contributed by atoms with Crippen LogP contribution in [0.2, 0.25) is 0 Å². The maximum atomic E-state index is 10.0. The number of hydrogen-bond acceptors (Lipinski definition) is 4. The smallest absolute Gasteiger partial charge is 0.155 e. The first-order valence-electron chi connectivity index (χ1n) is 4.01. The molecule has 2 N–H and O–H groups in total. The molecule has 0 aromatic rings. The van der Waals surface area contributed by atoms with E-state index >= 15 is 0 Å². The Balaban J connectivity index is -0.000000180. The van der Waals surface area contributed by atoms with E-state index in [-0.39, 0.29) is 43.5 Å². The van der Waals surface area contributed by atoms with E-state index in [0.717, 1.165) is 0 Å². The molecule has 0 saturated carbocycles. The quantitative estimate of drug-likeness (QED) is 0.465. The molecule has 0 aliphatic heterocycles. The molecule has 0 atom stereocenters. The van der Waals surface area contributed by atoms with Crippen molar-refractivity contribution < 1.29 is 40.2 Å². The van der Waals surface area contributed by atoms with Crippen LogP contribution in [0.4, 0.5) is 0 Å². The number of carbonyl (C=O) groups is 2. The van der Waals surface area contributed by atoms with E-state index in [1.54, 1.807) is 0 Å². The molecule has 15 heavy (non-hydrogen) atoms. The number of rotatable bonds is 2. The van der Waals surface area contributed by atoms with E-state index in [1.165, 1.54) is 39.8 Å². The van der Waals surface area contributed by atoms with E-state index in [0.29, 0.717) is 0 Å². The van der Waals surface area contributed by atoms with Gasteiger partial charge in [-0.25, -0.2) is 0 Å². The summed E-state index contributed by atoms with van der Waals surface area (Å²) in [6, 6.07) is 0. The Morgan fingerprint density at radius 3 is 1.00 bits per heavy atom. The first-order chi connectivity index (χ1) is 6.25. The van der Waals surface area contributed by atoms with Crippen LogP contribution in [0, 0.1) is 0 Å². The largest absolute Gasteiger partial charge is 0.512 e. The molecule has 0 unspecified atom stereocenters. The van der Waals surface area contributed by atoms with E-state index < -0.39 is 0 Å². The van der Waals surface area contributed by atoms with Crippen LogP contribution < -0.4 is 0 Å². The first kappa shape index (κ1) is 19.6. The van der Waals surface area contributed by atoms with E-state index in [4.69, 9.17) is 10.2 Å². The van der Waals surface area contributed by atoms with Gasteiger partial charge in [-0.1, -0.05) is 0 Å². The van der Waals surface area contributed by atoms with Gasteiger partial charge in [-0.05, 0) is 27.7 Å². The van der Waals surface area contributed by atoms with Crippen molar-refractivity contribution in [3.05, 3.63) is 23.7 Å². The van der Waals surface area contributed by atoms with Gasteiger partial charge in [0.15, 0.2) is 11.6 Å². The van der Waals surface area contributed by atoms with Crippen LogP contribution in [0.5, 0.6) is 0 Å². The molecule has 0 fully saturated rings. The number of aliphatic hydroxyl groups excluding tert-OH is 2. The number of ketones is 2. The third kappa shape index (κ3) is 32.0. The normalized spacial score (nSPS) is 10.7. The van der Waals surface area contributed by atoms with Gasteiger partial charge in [0, 0.05) is 32.6 Å². The third-order valence-electron chi connectivity index (χ3n) is 0.824. The van der Waals surface area contributed by atoms with Crippen LogP contribution in [0.25, 0.3) is 0 Å². The third-order valence-corrected chi connectivity index (χ3v) is 0.824. The fourth-order valence-corrected chi connectivity index (χ4v) is 0.588. The molecule has 0 aliphatic carbocycles. The summed E-state index contributed by atoms with van der Waals surface area (Å²) in [5.41, 5.74) is 0. The minimum absolute atomic E-state index is 0. The molecule has 90 valence electrons. The van der Waals surface area contributed by atoms with Crippen LogP contribution in [0.3, 0.4) is 0 Å². The molecule has 0 bridgehead atoms. The summed E-state index contributed by atoms with van der Waals surface area (Å²) >= 11 is 0. The summed E-state index contributed by atoms with van der Waals surface area (Å²) in [5, 5.41) is 16.7. The topological polar surface area (TPSA) is 74.6 Å². The summed E-state index contributed by atoms with van der Waals surface area (Å²) in [4.78, 5) is 20.0. The number of allylic oxidation sites excluding steroid dienone is 4. The number of aliphatic hydroxyl groups is 2. The Kier molecular flexibility index (Phi) is 14.6. The van der Waals surface area contributed by atoms with E-state index in [1.807, 2.05) is 0 Å². The summed E-state index contributed by atoms with van der Waals surface area (Å²) in [5.74, 6) is -0.125. The van der Waals surface area contributed by atoms with E-state index in [9.17, 15) is 9.59 Å². The molecule has 0 aliphatic rings. The molecule has 0 rings (SSSR count). The molecule has 0 heterocycles. The Morgan fingerprint density at radius 1 is 0.800 bits per heavy atom. The van der Waals surface area contributed by atoms with Gasteiger partial charge >= 0.3 is 0 Å². The summed E-state index contributed by atoms with van der Waals surface area (Å²) in [7, 11) is 0.